The van der Waals surface area contributed by atoms with E-state index in [2.05, 4.69) is 11.1 Å². The van der Waals surface area contributed by atoms with Gasteiger partial charge >= 0.3 is 0 Å². The number of imidazole rings is 1. The van der Waals surface area contributed by atoms with Crippen LogP contribution in [0.25, 0.3) is 22.4 Å². The summed E-state index contributed by atoms with van der Waals surface area (Å²) in [6.07, 6.45) is 0.336. The van der Waals surface area contributed by atoms with E-state index in [4.69, 9.17) is 14.7 Å². The Morgan fingerprint density at radius 2 is 1.96 bits per heavy atom. The molecule has 3 aromatic rings. The van der Waals surface area contributed by atoms with E-state index >= 15 is 0 Å². The first-order valence-corrected chi connectivity index (χ1v) is 7.69. The molecule has 4 rings (SSSR count). The van der Waals surface area contributed by atoms with Gasteiger partial charge in [0.15, 0.2) is 11.5 Å². The normalized spacial score (nSPS) is 13.0. The lowest BCUT2D eigenvalue weighted by Gasteiger charge is -2.18. The molecule has 2 aromatic carbocycles. The van der Waals surface area contributed by atoms with Gasteiger partial charge in [-0.1, -0.05) is 12.1 Å². The topological polar surface area (TPSA) is 60.1 Å². The van der Waals surface area contributed by atoms with Crippen LogP contribution in [0, 0.1) is 17.1 Å². The highest BCUT2D eigenvalue weighted by Crippen LogP contribution is 2.36. The number of hydrogen-bond donors (Lipinski definition) is 0. The molecule has 24 heavy (non-hydrogen) atoms. The Morgan fingerprint density at radius 1 is 1.17 bits per heavy atom. The molecule has 0 amide bonds. The minimum absolute atomic E-state index is 0.322. The van der Waals surface area contributed by atoms with Crippen molar-refractivity contribution >= 4 is 11.0 Å². The van der Waals surface area contributed by atoms with Crippen molar-refractivity contribution in [2.45, 2.75) is 13.0 Å². The Kier molecular flexibility index (Phi) is 3.54. The van der Waals surface area contributed by atoms with Gasteiger partial charge < -0.3 is 14.0 Å². The van der Waals surface area contributed by atoms with Crippen LogP contribution >= 0.6 is 0 Å². The molecule has 0 spiro atoms. The van der Waals surface area contributed by atoms with E-state index in [9.17, 15) is 4.39 Å². The average Bonchev–Trinajstić information content (AvgIpc) is 2.95. The van der Waals surface area contributed by atoms with Crippen molar-refractivity contribution in [3.8, 4) is 29.0 Å². The van der Waals surface area contributed by atoms with Gasteiger partial charge in [0.1, 0.15) is 24.9 Å². The number of nitrogens with zero attached hydrogens (tertiary/aromatic N) is 3. The summed E-state index contributed by atoms with van der Waals surface area (Å²) in [7, 11) is 0. The van der Waals surface area contributed by atoms with Crippen LogP contribution in [0.3, 0.4) is 0 Å². The number of hydrogen-bond acceptors (Lipinski definition) is 4. The van der Waals surface area contributed by atoms with Crippen LogP contribution in [0.5, 0.6) is 11.5 Å². The standard InChI is InChI=1S/C18H14FN3O2/c19-13-4-1-3-12(9-13)18-21-14-10-16-17(24-8-7-23-16)11-15(14)22(18)6-2-5-20/h1,3-4,9-11H,2,6-8H2. The smallest absolute Gasteiger partial charge is 0.163 e. The average molecular weight is 323 g/mol. The number of benzene rings is 2. The van der Waals surface area contributed by atoms with Gasteiger partial charge in [0, 0.05) is 24.2 Å². The van der Waals surface area contributed by atoms with Crippen molar-refractivity contribution in [3.05, 3.63) is 42.2 Å². The number of ether oxygens (including phenoxy) is 2. The van der Waals surface area contributed by atoms with Gasteiger partial charge in [-0.3, -0.25) is 0 Å². The summed E-state index contributed by atoms with van der Waals surface area (Å²) < 4.78 is 26.8. The number of aromatic nitrogens is 2. The zero-order chi connectivity index (χ0) is 16.5. The Bertz CT molecular complexity index is 959. The highest BCUT2D eigenvalue weighted by Gasteiger charge is 2.19. The number of rotatable bonds is 3. The minimum Gasteiger partial charge on any atom is -0.486 e. The molecule has 0 bridgehead atoms. The first kappa shape index (κ1) is 14.5. The summed E-state index contributed by atoms with van der Waals surface area (Å²) >= 11 is 0. The molecule has 0 N–H and O–H groups in total. The molecule has 0 saturated carbocycles. The maximum Gasteiger partial charge on any atom is 0.163 e. The van der Waals surface area contributed by atoms with Crippen molar-refractivity contribution in [1.29, 1.82) is 5.26 Å². The molecule has 1 aliphatic rings. The van der Waals surface area contributed by atoms with Crippen LogP contribution in [-0.2, 0) is 6.54 Å². The summed E-state index contributed by atoms with van der Waals surface area (Å²) in [6, 6.07) is 12.1. The highest BCUT2D eigenvalue weighted by molar-refractivity contribution is 5.84. The quantitative estimate of drug-likeness (QED) is 0.740. The number of halogens is 1. The van der Waals surface area contributed by atoms with Crippen LogP contribution in [0.1, 0.15) is 6.42 Å². The molecule has 0 saturated heterocycles. The van der Waals surface area contributed by atoms with Crippen molar-refractivity contribution in [2.24, 2.45) is 0 Å². The second-order valence-electron chi connectivity index (χ2n) is 5.49. The Labute approximate surface area is 137 Å². The van der Waals surface area contributed by atoms with Gasteiger partial charge in [-0.05, 0) is 12.1 Å². The maximum atomic E-state index is 13.6. The Hall–Kier alpha value is -3.07. The lowest BCUT2D eigenvalue weighted by Crippen LogP contribution is -2.15. The lowest BCUT2D eigenvalue weighted by atomic mass is 10.2. The fraction of sp³-hybridized carbons (Fsp3) is 0.222. The third-order valence-corrected chi connectivity index (χ3v) is 3.94. The SMILES string of the molecule is N#CCCn1c(-c2cccc(F)c2)nc2cc3c(cc21)OCCO3. The highest BCUT2D eigenvalue weighted by atomic mass is 19.1. The summed E-state index contributed by atoms with van der Waals surface area (Å²) in [4.78, 5) is 4.64. The fourth-order valence-electron chi connectivity index (χ4n) is 2.90. The maximum absolute atomic E-state index is 13.6. The Morgan fingerprint density at radius 3 is 2.71 bits per heavy atom. The van der Waals surface area contributed by atoms with Crippen molar-refractivity contribution in [2.75, 3.05) is 13.2 Å². The lowest BCUT2D eigenvalue weighted by molar-refractivity contribution is 0.172. The van der Waals surface area contributed by atoms with Gasteiger partial charge in [-0.2, -0.15) is 5.26 Å². The number of aryl methyl sites for hydroxylation is 1. The minimum atomic E-state index is -0.322. The molecule has 0 aliphatic carbocycles. The third kappa shape index (κ3) is 2.44. The fourth-order valence-corrected chi connectivity index (χ4v) is 2.90. The first-order chi connectivity index (χ1) is 11.8. The van der Waals surface area contributed by atoms with E-state index in [1.807, 2.05) is 16.7 Å². The van der Waals surface area contributed by atoms with Crippen molar-refractivity contribution in [1.82, 2.24) is 9.55 Å². The van der Waals surface area contributed by atoms with Crippen molar-refractivity contribution < 1.29 is 13.9 Å². The molecule has 1 aromatic heterocycles. The molecule has 2 heterocycles. The number of fused-ring (bicyclic) bond motifs is 2. The van der Waals surface area contributed by atoms with Gasteiger partial charge in [-0.15, -0.1) is 0 Å². The van der Waals surface area contributed by atoms with E-state index in [0.717, 1.165) is 11.0 Å². The third-order valence-electron chi connectivity index (χ3n) is 3.94. The van der Waals surface area contributed by atoms with Crippen LogP contribution in [0.4, 0.5) is 4.39 Å². The molecular formula is C18H14FN3O2. The monoisotopic (exact) mass is 323 g/mol. The molecule has 120 valence electrons. The predicted molar refractivity (Wildman–Crippen MR) is 86.3 cm³/mol. The molecular weight excluding hydrogens is 309 g/mol. The van der Waals surface area contributed by atoms with Gasteiger partial charge in [0.25, 0.3) is 0 Å². The van der Waals surface area contributed by atoms with Crippen LogP contribution < -0.4 is 9.47 Å². The summed E-state index contributed by atoms with van der Waals surface area (Å²) in [6.45, 7) is 1.48. The van der Waals surface area contributed by atoms with E-state index in [0.29, 0.717) is 49.1 Å². The second-order valence-corrected chi connectivity index (χ2v) is 5.49. The zero-order valence-electron chi connectivity index (χ0n) is 12.8. The van der Waals surface area contributed by atoms with Crippen LogP contribution in [0.15, 0.2) is 36.4 Å². The van der Waals surface area contributed by atoms with Gasteiger partial charge in [-0.25, -0.2) is 9.37 Å². The molecule has 0 atom stereocenters. The first-order valence-electron chi connectivity index (χ1n) is 7.69. The van der Waals surface area contributed by atoms with E-state index in [1.54, 1.807) is 12.1 Å². The molecule has 5 nitrogen and oxygen atoms in total. The predicted octanol–water partition coefficient (Wildman–Crippen LogP) is 3.53. The summed E-state index contributed by atoms with van der Waals surface area (Å²) in [5.41, 5.74) is 2.24. The molecule has 1 aliphatic heterocycles. The largest absolute Gasteiger partial charge is 0.486 e. The van der Waals surface area contributed by atoms with Gasteiger partial charge in [0.05, 0.1) is 23.5 Å². The van der Waals surface area contributed by atoms with E-state index in [-0.39, 0.29) is 5.82 Å². The Balaban J connectivity index is 1.93. The van der Waals surface area contributed by atoms with E-state index in [1.165, 1.54) is 12.1 Å². The van der Waals surface area contributed by atoms with Crippen LogP contribution in [-0.4, -0.2) is 22.8 Å². The molecule has 0 radical (unpaired) electrons. The van der Waals surface area contributed by atoms with Crippen LogP contribution in [0.2, 0.25) is 0 Å². The molecule has 6 heteroatoms. The molecule has 0 unspecified atom stereocenters. The van der Waals surface area contributed by atoms with E-state index < -0.39 is 0 Å². The van der Waals surface area contributed by atoms with Gasteiger partial charge in [0.2, 0.25) is 0 Å². The zero-order valence-corrected chi connectivity index (χ0v) is 12.8. The summed E-state index contributed by atoms with van der Waals surface area (Å²) in [5.74, 6) is 1.63. The number of nitriles is 1. The van der Waals surface area contributed by atoms with Crippen molar-refractivity contribution in [3.63, 3.8) is 0 Å². The molecule has 0 fully saturated rings. The second kappa shape index (κ2) is 5.85. The summed E-state index contributed by atoms with van der Waals surface area (Å²) in [5, 5.41) is 8.95.